The fourth-order valence-electron chi connectivity index (χ4n) is 2.94. The van der Waals surface area contributed by atoms with Crippen LogP contribution in [-0.2, 0) is 26.9 Å². The van der Waals surface area contributed by atoms with Crippen LogP contribution in [0.3, 0.4) is 0 Å². The van der Waals surface area contributed by atoms with Gasteiger partial charge in [-0.1, -0.05) is 30.3 Å². The molecule has 30 heavy (non-hydrogen) atoms. The lowest BCUT2D eigenvalue weighted by Crippen LogP contribution is -2.30. The van der Waals surface area contributed by atoms with Crippen molar-refractivity contribution < 1.29 is 22.4 Å². The van der Waals surface area contributed by atoms with E-state index >= 15 is 0 Å². The zero-order valence-electron chi connectivity index (χ0n) is 17.1. The molecule has 0 bridgehead atoms. The molecule has 0 fully saturated rings. The molecule has 1 N–H and O–H groups in total. The Labute approximate surface area is 176 Å². The largest absolute Gasteiger partial charge is 0.497 e. The van der Waals surface area contributed by atoms with E-state index in [9.17, 15) is 13.2 Å². The molecule has 0 radical (unpaired) electrons. The third-order valence-electron chi connectivity index (χ3n) is 4.62. The predicted molar refractivity (Wildman–Crippen MR) is 114 cm³/mol. The molecule has 1 heterocycles. The number of ether oxygens (including phenoxy) is 1. The second-order valence-corrected chi connectivity index (χ2v) is 9.06. The van der Waals surface area contributed by atoms with Crippen molar-refractivity contribution in [3.63, 3.8) is 0 Å². The van der Waals surface area contributed by atoms with E-state index < -0.39 is 21.5 Å². The first kappa shape index (κ1) is 21.6. The second-order valence-electron chi connectivity index (χ2n) is 6.99. The minimum atomic E-state index is -3.70. The Bertz CT molecular complexity index is 1130. The van der Waals surface area contributed by atoms with Gasteiger partial charge in [-0.05, 0) is 43.2 Å². The van der Waals surface area contributed by atoms with Gasteiger partial charge in [0.15, 0.2) is 9.84 Å². The summed E-state index contributed by atoms with van der Waals surface area (Å²) in [7, 11) is -2.13. The Hall–Kier alpha value is -3.13. The third kappa shape index (κ3) is 5.48. The van der Waals surface area contributed by atoms with E-state index in [-0.39, 0.29) is 12.3 Å². The normalized spacial score (nSPS) is 11.3. The van der Waals surface area contributed by atoms with Crippen LogP contribution in [-0.4, -0.2) is 32.2 Å². The molecular weight excluding hydrogens is 404 g/mol. The van der Waals surface area contributed by atoms with E-state index in [1.165, 1.54) is 0 Å². The van der Waals surface area contributed by atoms with Crippen molar-refractivity contribution in [2.45, 2.75) is 26.1 Å². The summed E-state index contributed by atoms with van der Waals surface area (Å²) in [6, 6.07) is 14.7. The smallest absolute Gasteiger partial charge is 0.235 e. The molecule has 3 rings (SSSR count). The number of sulfone groups is 1. The van der Waals surface area contributed by atoms with Crippen LogP contribution in [0.2, 0.25) is 0 Å². The topological polar surface area (TPSA) is 98.5 Å². The molecular formula is C22H24N2O5S. The van der Waals surface area contributed by atoms with Crippen LogP contribution >= 0.6 is 0 Å². The number of oxazole rings is 1. The number of aromatic nitrogens is 1. The minimum Gasteiger partial charge on any atom is -0.497 e. The molecule has 0 unspecified atom stereocenters. The SMILES string of the molecule is COc1ccc(CNC(=O)CS(=O)(=O)Cc2nc(-c3ccccc3C)oc2C)cc1. The highest BCUT2D eigenvalue weighted by molar-refractivity contribution is 7.91. The summed E-state index contributed by atoms with van der Waals surface area (Å²) in [6.45, 7) is 3.83. The lowest BCUT2D eigenvalue weighted by molar-refractivity contribution is -0.118. The number of rotatable bonds is 8. The van der Waals surface area contributed by atoms with E-state index in [1.807, 2.05) is 31.2 Å². The van der Waals surface area contributed by atoms with Gasteiger partial charge < -0.3 is 14.5 Å². The highest BCUT2D eigenvalue weighted by Crippen LogP contribution is 2.25. The maximum Gasteiger partial charge on any atom is 0.235 e. The zero-order chi connectivity index (χ0) is 21.7. The number of aryl methyl sites for hydroxylation is 2. The predicted octanol–water partition coefficient (Wildman–Crippen LogP) is 3.20. The average Bonchev–Trinajstić information content (AvgIpc) is 3.06. The number of hydrogen-bond acceptors (Lipinski definition) is 6. The van der Waals surface area contributed by atoms with Gasteiger partial charge in [0.05, 0.1) is 18.6 Å². The van der Waals surface area contributed by atoms with Crippen LogP contribution in [0.5, 0.6) is 5.75 Å². The van der Waals surface area contributed by atoms with Gasteiger partial charge in [-0.3, -0.25) is 4.79 Å². The summed E-state index contributed by atoms with van der Waals surface area (Å²) in [4.78, 5) is 16.5. The van der Waals surface area contributed by atoms with E-state index in [1.54, 1.807) is 38.3 Å². The van der Waals surface area contributed by atoms with Gasteiger partial charge in [0.25, 0.3) is 0 Å². The van der Waals surface area contributed by atoms with Crippen LogP contribution in [0, 0.1) is 13.8 Å². The molecule has 1 amide bonds. The quantitative estimate of drug-likeness (QED) is 0.592. The first-order valence-corrected chi connectivity index (χ1v) is 11.2. The van der Waals surface area contributed by atoms with Crippen molar-refractivity contribution >= 4 is 15.7 Å². The van der Waals surface area contributed by atoms with Gasteiger partial charge in [0, 0.05) is 12.1 Å². The van der Waals surface area contributed by atoms with Gasteiger partial charge in [-0.15, -0.1) is 0 Å². The van der Waals surface area contributed by atoms with Crippen molar-refractivity contribution in [3.8, 4) is 17.2 Å². The number of nitrogens with zero attached hydrogens (tertiary/aromatic N) is 1. The Balaban J connectivity index is 1.62. The van der Waals surface area contributed by atoms with Crippen LogP contribution < -0.4 is 10.1 Å². The first-order valence-electron chi connectivity index (χ1n) is 9.40. The summed E-state index contributed by atoms with van der Waals surface area (Å²) < 4.78 is 35.8. The summed E-state index contributed by atoms with van der Waals surface area (Å²) in [5, 5.41) is 2.63. The van der Waals surface area contributed by atoms with Crippen molar-refractivity contribution in [1.29, 1.82) is 0 Å². The third-order valence-corrected chi connectivity index (χ3v) is 6.04. The molecule has 0 spiro atoms. The number of carbonyl (C=O) groups is 1. The standard InChI is InChI=1S/C22H24N2O5S/c1-15-6-4-5-7-19(15)22-24-20(16(2)29-22)13-30(26,27)14-21(25)23-12-17-8-10-18(28-3)11-9-17/h4-11H,12-14H2,1-3H3,(H,23,25). The summed E-state index contributed by atoms with van der Waals surface area (Å²) in [5.74, 6) is -0.0266. The molecule has 0 aliphatic rings. The van der Waals surface area contributed by atoms with Crippen molar-refractivity contribution in [2.75, 3.05) is 12.9 Å². The summed E-state index contributed by atoms with van der Waals surface area (Å²) in [5.41, 5.74) is 2.94. The molecule has 7 nitrogen and oxygen atoms in total. The maximum atomic E-state index is 12.5. The number of carbonyl (C=O) groups excluding carboxylic acids is 1. The molecule has 2 aromatic carbocycles. The Morgan fingerprint density at radius 3 is 2.47 bits per heavy atom. The molecule has 1 aromatic heterocycles. The molecule has 8 heteroatoms. The number of hydrogen-bond donors (Lipinski definition) is 1. The molecule has 0 saturated carbocycles. The van der Waals surface area contributed by atoms with E-state index in [2.05, 4.69) is 10.3 Å². The number of benzene rings is 2. The Morgan fingerprint density at radius 2 is 1.80 bits per heavy atom. The first-order chi connectivity index (χ1) is 14.3. The molecule has 158 valence electrons. The average molecular weight is 429 g/mol. The van der Waals surface area contributed by atoms with Gasteiger partial charge in [-0.25, -0.2) is 13.4 Å². The number of amides is 1. The minimum absolute atomic E-state index is 0.235. The van der Waals surface area contributed by atoms with E-state index in [4.69, 9.17) is 9.15 Å². The Kier molecular flexibility index (Phi) is 6.56. The van der Waals surface area contributed by atoms with Crippen molar-refractivity contribution in [2.24, 2.45) is 0 Å². The monoisotopic (exact) mass is 428 g/mol. The van der Waals surface area contributed by atoms with Crippen LogP contribution in [0.15, 0.2) is 52.9 Å². The Morgan fingerprint density at radius 1 is 1.10 bits per heavy atom. The summed E-state index contributed by atoms with van der Waals surface area (Å²) in [6.07, 6.45) is 0. The van der Waals surface area contributed by atoms with E-state index in [0.717, 1.165) is 16.7 Å². The lowest BCUT2D eigenvalue weighted by atomic mass is 10.1. The zero-order valence-corrected chi connectivity index (χ0v) is 18.0. The van der Waals surface area contributed by atoms with Gasteiger partial charge in [0.2, 0.25) is 11.8 Å². The van der Waals surface area contributed by atoms with Gasteiger partial charge >= 0.3 is 0 Å². The highest BCUT2D eigenvalue weighted by atomic mass is 32.2. The number of nitrogens with one attached hydrogen (secondary N) is 1. The van der Waals surface area contributed by atoms with Gasteiger partial charge in [0.1, 0.15) is 17.3 Å². The molecule has 3 aromatic rings. The van der Waals surface area contributed by atoms with Crippen LogP contribution in [0.1, 0.15) is 22.6 Å². The fourth-order valence-corrected chi connectivity index (χ4v) is 4.23. The molecule has 0 aliphatic heterocycles. The van der Waals surface area contributed by atoms with Crippen molar-refractivity contribution in [3.05, 3.63) is 71.1 Å². The lowest BCUT2D eigenvalue weighted by Gasteiger charge is -2.07. The van der Waals surface area contributed by atoms with Gasteiger partial charge in [-0.2, -0.15) is 0 Å². The summed E-state index contributed by atoms with van der Waals surface area (Å²) >= 11 is 0. The fraction of sp³-hybridized carbons (Fsp3) is 0.273. The number of methoxy groups -OCH3 is 1. The second kappa shape index (κ2) is 9.13. The van der Waals surface area contributed by atoms with Crippen molar-refractivity contribution in [1.82, 2.24) is 10.3 Å². The van der Waals surface area contributed by atoms with E-state index in [0.29, 0.717) is 23.1 Å². The maximum absolute atomic E-state index is 12.5. The molecule has 0 atom stereocenters. The van der Waals surface area contributed by atoms with Crippen LogP contribution in [0.25, 0.3) is 11.5 Å². The van der Waals surface area contributed by atoms with Crippen LogP contribution in [0.4, 0.5) is 0 Å². The highest BCUT2D eigenvalue weighted by Gasteiger charge is 2.22. The molecule has 0 saturated heterocycles. The molecule has 0 aliphatic carbocycles.